The summed E-state index contributed by atoms with van der Waals surface area (Å²) in [5.74, 6) is -1.15. The van der Waals surface area contributed by atoms with Gasteiger partial charge in [0, 0.05) is 22.3 Å². The predicted molar refractivity (Wildman–Crippen MR) is 69.5 cm³/mol. The lowest BCUT2D eigenvalue weighted by molar-refractivity contribution is -0.137. The Kier molecular flexibility index (Phi) is 5.57. The van der Waals surface area contributed by atoms with E-state index in [1.165, 1.54) is 11.3 Å². The normalized spacial score (nSPS) is 11.6. The first-order valence-corrected chi connectivity index (χ1v) is 8.14. The Morgan fingerprint density at radius 1 is 1.53 bits per heavy atom. The number of sulfonamides is 1. The van der Waals surface area contributed by atoms with Crippen LogP contribution in [0.4, 0.5) is 0 Å². The largest absolute Gasteiger partial charge is 0.481 e. The SMILES string of the molecule is O=C(O)CCCS(=O)(=O)NCc1sccc1Br. The summed E-state index contributed by atoms with van der Waals surface area (Å²) in [4.78, 5) is 11.1. The predicted octanol–water partition coefficient (Wildman–Crippen LogP) is 1.79. The first kappa shape index (κ1) is 14.6. The number of hydrogen-bond acceptors (Lipinski definition) is 4. The van der Waals surface area contributed by atoms with Gasteiger partial charge in [-0.2, -0.15) is 0 Å². The Balaban J connectivity index is 2.40. The van der Waals surface area contributed by atoms with Gasteiger partial charge in [0.05, 0.1) is 5.75 Å². The van der Waals surface area contributed by atoms with Crippen LogP contribution < -0.4 is 4.72 Å². The van der Waals surface area contributed by atoms with Crippen LogP contribution in [0.2, 0.25) is 0 Å². The van der Waals surface area contributed by atoms with Crippen LogP contribution in [0.25, 0.3) is 0 Å². The van der Waals surface area contributed by atoms with Gasteiger partial charge in [-0.1, -0.05) is 0 Å². The molecule has 5 nitrogen and oxygen atoms in total. The van der Waals surface area contributed by atoms with Crippen LogP contribution in [0, 0.1) is 0 Å². The summed E-state index contributed by atoms with van der Waals surface area (Å²) in [6.45, 7) is 0.230. The molecule has 0 aliphatic carbocycles. The minimum Gasteiger partial charge on any atom is -0.481 e. The third-order valence-corrected chi connectivity index (χ3v) is 5.28. The monoisotopic (exact) mass is 341 g/mol. The second kappa shape index (κ2) is 6.48. The minimum atomic E-state index is -3.40. The van der Waals surface area contributed by atoms with Gasteiger partial charge < -0.3 is 5.11 Å². The van der Waals surface area contributed by atoms with Gasteiger partial charge in [-0.05, 0) is 33.8 Å². The van der Waals surface area contributed by atoms with E-state index in [4.69, 9.17) is 5.11 Å². The zero-order valence-corrected chi connectivity index (χ0v) is 12.1. The van der Waals surface area contributed by atoms with Crippen LogP contribution in [0.5, 0.6) is 0 Å². The highest BCUT2D eigenvalue weighted by Crippen LogP contribution is 2.22. The van der Waals surface area contributed by atoms with E-state index in [0.717, 1.165) is 9.35 Å². The van der Waals surface area contributed by atoms with Gasteiger partial charge in [-0.3, -0.25) is 4.79 Å². The Bertz CT molecular complexity index is 483. The van der Waals surface area contributed by atoms with Crippen LogP contribution in [0.15, 0.2) is 15.9 Å². The lowest BCUT2D eigenvalue weighted by Gasteiger charge is -2.04. The molecule has 0 fully saturated rings. The number of nitrogens with one attached hydrogen (secondary N) is 1. The topological polar surface area (TPSA) is 83.5 Å². The van der Waals surface area contributed by atoms with Crippen LogP contribution >= 0.6 is 27.3 Å². The highest BCUT2D eigenvalue weighted by atomic mass is 79.9. The Hall–Kier alpha value is -0.440. The summed E-state index contributed by atoms with van der Waals surface area (Å²) in [6, 6.07) is 1.85. The van der Waals surface area contributed by atoms with E-state index in [2.05, 4.69) is 20.7 Å². The van der Waals surface area contributed by atoms with Gasteiger partial charge in [0.15, 0.2) is 0 Å². The first-order valence-electron chi connectivity index (χ1n) is 4.82. The molecule has 1 rings (SSSR count). The van der Waals surface area contributed by atoms with Crippen molar-refractivity contribution in [2.75, 3.05) is 5.75 Å². The van der Waals surface area contributed by atoms with Crippen molar-refractivity contribution in [3.8, 4) is 0 Å². The molecule has 0 spiro atoms. The average Bonchev–Trinajstić information content (AvgIpc) is 2.60. The fourth-order valence-electron chi connectivity index (χ4n) is 1.11. The lowest BCUT2D eigenvalue weighted by Crippen LogP contribution is -2.26. The summed E-state index contributed by atoms with van der Waals surface area (Å²) >= 11 is 4.75. The number of rotatable bonds is 7. The second-order valence-corrected chi connectivity index (χ2v) is 7.11. The third kappa shape index (κ3) is 5.62. The molecular formula is C9H12BrNO4S2. The van der Waals surface area contributed by atoms with Gasteiger partial charge in [-0.15, -0.1) is 11.3 Å². The number of hydrogen-bond donors (Lipinski definition) is 2. The number of thiophene rings is 1. The van der Waals surface area contributed by atoms with Crippen molar-refractivity contribution < 1.29 is 18.3 Å². The molecule has 17 heavy (non-hydrogen) atoms. The molecule has 0 saturated carbocycles. The first-order chi connectivity index (χ1) is 7.91. The molecule has 1 aromatic heterocycles. The number of aliphatic carboxylic acids is 1. The molecule has 0 radical (unpaired) electrons. The summed E-state index contributed by atoms with van der Waals surface area (Å²) in [5.41, 5.74) is 0. The summed E-state index contributed by atoms with van der Waals surface area (Å²) in [7, 11) is -3.40. The Labute approximate surface area is 112 Å². The number of carboxylic acid groups (broad SMARTS) is 1. The zero-order chi connectivity index (χ0) is 12.9. The molecule has 8 heteroatoms. The molecule has 1 aromatic rings. The van der Waals surface area contributed by atoms with E-state index in [1.807, 2.05) is 11.4 Å². The Morgan fingerprint density at radius 2 is 2.24 bits per heavy atom. The summed E-state index contributed by atoms with van der Waals surface area (Å²) < 4.78 is 26.3. The maximum atomic E-state index is 11.5. The molecule has 2 N–H and O–H groups in total. The van der Waals surface area contributed by atoms with E-state index in [1.54, 1.807) is 0 Å². The molecule has 0 aromatic carbocycles. The van der Waals surface area contributed by atoms with Gasteiger partial charge in [0.2, 0.25) is 10.0 Å². The number of carboxylic acids is 1. The van der Waals surface area contributed by atoms with Gasteiger partial charge in [-0.25, -0.2) is 13.1 Å². The average molecular weight is 342 g/mol. The molecule has 96 valence electrons. The van der Waals surface area contributed by atoms with Crippen LogP contribution in [-0.2, 0) is 21.4 Å². The Morgan fingerprint density at radius 3 is 2.76 bits per heavy atom. The fourth-order valence-corrected chi connectivity index (χ4v) is 3.67. The second-order valence-electron chi connectivity index (χ2n) is 3.33. The quantitative estimate of drug-likeness (QED) is 0.791. The van der Waals surface area contributed by atoms with Crippen molar-refractivity contribution >= 4 is 43.3 Å². The molecule has 1 heterocycles. The van der Waals surface area contributed by atoms with E-state index in [0.29, 0.717) is 0 Å². The molecule has 0 bridgehead atoms. The van der Waals surface area contributed by atoms with Crippen LogP contribution in [0.3, 0.4) is 0 Å². The van der Waals surface area contributed by atoms with Crippen LogP contribution in [-0.4, -0.2) is 25.2 Å². The van der Waals surface area contributed by atoms with Crippen molar-refractivity contribution in [2.45, 2.75) is 19.4 Å². The summed E-state index contributed by atoms with van der Waals surface area (Å²) in [5, 5.41) is 10.3. The zero-order valence-electron chi connectivity index (χ0n) is 8.85. The minimum absolute atomic E-state index is 0.121. The molecule has 0 aliphatic rings. The lowest BCUT2D eigenvalue weighted by atomic mass is 10.3. The molecule has 0 saturated heterocycles. The number of halogens is 1. The van der Waals surface area contributed by atoms with E-state index < -0.39 is 16.0 Å². The van der Waals surface area contributed by atoms with Crippen molar-refractivity contribution in [3.63, 3.8) is 0 Å². The summed E-state index contributed by atoms with van der Waals surface area (Å²) in [6.07, 6.45) is -0.0140. The molecule has 0 amide bonds. The van der Waals surface area contributed by atoms with E-state index in [-0.39, 0.29) is 25.1 Å². The maximum Gasteiger partial charge on any atom is 0.303 e. The van der Waals surface area contributed by atoms with Crippen molar-refractivity contribution in [2.24, 2.45) is 0 Å². The van der Waals surface area contributed by atoms with Crippen molar-refractivity contribution in [1.82, 2.24) is 4.72 Å². The fraction of sp³-hybridized carbons (Fsp3) is 0.444. The van der Waals surface area contributed by atoms with Gasteiger partial charge >= 0.3 is 5.97 Å². The van der Waals surface area contributed by atoms with Crippen molar-refractivity contribution in [3.05, 3.63) is 20.8 Å². The molecule has 0 atom stereocenters. The third-order valence-electron chi connectivity index (χ3n) is 1.95. The molecule has 0 aliphatic heterocycles. The molecular weight excluding hydrogens is 330 g/mol. The van der Waals surface area contributed by atoms with E-state index >= 15 is 0 Å². The van der Waals surface area contributed by atoms with Crippen molar-refractivity contribution in [1.29, 1.82) is 0 Å². The molecule has 0 unspecified atom stereocenters. The maximum absolute atomic E-state index is 11.5. The number of carbonyl (C=O) groups is 1. The van der Waals surface area contributed by atoms with Crippen LogP contribution in [0.1, 0.15) is 17.7 Å². The van der Waals surface area contributed by atoms with E-state index in [9.17, 15) is 13.2 Å². The smallest absolute Gasteiger partial charge is 0.303 e. The highest BCUT2D eigenvalue weighted by Gasteiger charge is 2.12. The highest BCUT2D eigenvalue weighted by molar-refractivity contribution is 9.10. The standard InChI is InChI=1S/C9H12BrNO4S2/c10-7-3-4-16-8(7)6-11-17(14,15)5-1-2-9(12)13/h3-4,11H,1-2,5-6H2,(H,12,13). The van der Waals surface area contributed by atoms with Gasteiger partial charge in [0.1, 0.15) is 0 Å². The van der Waals surface area contributed by atoms with Gasteiger partial charge in [0.25, 0.3) is 0 Å².